The molecule has 0 unspecified atom stereocenters. The van der Waals surface area contributed by atoms with E-state index in [-0.39, 0.29) is 11.9 Å². The van der Waals surface area contributed by atoms with Gasteiger partial charge in [0, 0.05) is 5.56 Å². The highest BCUT2D eigenvalue weighted by atomic mass is 19.1. The van der Waals surface area contributed by atoms with Gasteiger partial charge in [0.2, 0.25) is 0 Å². The lowest BCUT2D eigenvalue weighted by Crippen LogP contribution is -2.01. The van der Waals surface area contributed by atoms with Crippen LogP contribution in [0.5, 0.6) is 0 Å². The summed E-state index contributed by atoms with van der Waals surface area (Å²) in [5, 5.41) is 9.31. The average molecular weight is 167 g/mol. The van der Waals surface area contributed by atoms with E-state index in [9.17, 15) is 9.50 Å². The molecular weight excluding hydrogens is 155 g/mol. The predicted octanol–water partition coefficient (Wildman–Crippen LogP) is 2.80. The van der Waals surface area contributed by atoms with Gasteiger partial charge in [-0.2, -0.15) is 0 Å². The number of halogens is 1. The van der Waals surface area contributed by atoms with Crippen LogP contribution in [0.1, 0.15) is 24.5 Å². The number of hydrogen-bond donors (Lipinski definition) is 1. The van der Waals surface area contributed by atoms with Crippen LogP contribution >= 0.6 is 0 Å². The maximum atomic E-state index is 13.3. The zero-order chi connectivity index (χ0) is 9.14. The predicted molar refractivity (Wildman–Crippen MR) is 45.7 cm³/mol. The lowest BCUT2D eigenvalue weighted by molar-refractivity contribution is 0.312. The molecule has 12 heavy (non-hydrogen) atoms. The summed E-state index contributed by atoms with van der Waals surface area (Å²) >= 11 is 0. The Morgan fingerprint density at radius 1 is 1.50 bits per heavy atom. The summed E-state index contributed by atoms with van der Waals surface area (Å²) in [6, 6.07) is 5.00. The number of benzene rings is 1. The average Bonchev–Trinajstić information content (AvgIpc) is 2.08. The van der Waals surface area contributed by atoms with Gasteiger partial charge in [-0.05, 0) is 18.9 Å². The molecule has 0 aliphatic rings. The van der Waals surface area contributed by atoms with Crippen molar-refractivity contribution in [2.24, 2.45) is 0 Å². The summed E-state index contributed by atoms with van der Waals surface area (Å²) in [5.41, 5.74) is 0.880. The molecule has 2 heteroatoms. The maximum absolute atomic E-state index is 13.3. The number of rotatable bonds is 2. The first-order valence-corrected chi connectivity index (χ1v) is 3.97. The maximum Gasteiger partial charge on any atom is 0.132 e. The molecule has 1 aromatic carbocycles. The first-order valence-electron chi connectivity index (χ1n) is 3.97. The molecule has 0 saturated carbocycles. The Kier molecular flexibility index (Phi) is 2.82. The van der Waals surface area contributed by atoms with Crippen molar-refractivity contribution in [3.63, 3.8) is 0 Å². The van der Waals surface area contributed by atoms with Crippen molar-refractivity contribution in [3.8, 4) is 0 Å². The molecule has 0 aromatic heterocycles. The first kappa shape index (κ1) is 9.20. The Morgan fingerprint density at radius 3 is 2.75 bits per heavy atom. The zero-order valence-corrected chi connectivity index (χ0v) is 7.26. The second-order valence-electron chi connectivity index (χ2n) is 2.74. The van der Waals surface area contributed by atoms with Gasteiger partial charge >= 0.3 is 0 Å². The molecule has 1 nitrogen and oxygen atoms in total. The molecule has 0 bridgehead atoms. The van der Waals surface area contributed by atoms with Gasteiger partial charge in [0.25, 0.3) is 0 Å². The van der Waals surface area contributed by atoms with Crippen LogP contribution in [0.2, 0.25) is 0 Å². The molecule has 0 fully saturated rings. The molecule has 0 amide bonds. The topological polar surface area (TPSA) is 20.2 Å². The summed E-state index contributed by atoms with van der Waals surface area (Å²) < 4.78 is 13.3. The number of hydrogen-bond acceptors (Lipinski definition) is 1. The van der Waals surface area contributed by atoms with E-state index >= 15 is 0 Å². The molecule has 0 heterocycles. The van der Waals surface area contributed by atoms with Gasteiger partial charge in [-0.15, -0.1) is 0 Å². The SMILES string of the molecule is CC[C](O)c1cccc(C)c1F. The van der Waals surface area contributed by atoms with E-state index in [0.717, 1.165) is 0 Å². The highest BCUT2D eigenvalue weighted by molar-refractivity contribution is 5.32. The van der Waals surface area contributed by atoms with E-state index in [1.165, 1.54) is 0 Å². The monoisotopic (exact) mass is 167 g/mol. The third-order valence-corrected chi connectivity index (χ3v) is 1.84. The summed E-state index contributed by atoms with van der Waals surface area (Å²) in [4.78, 5) is 0. The molecule has 0 aliphatic heterocycles. The molecule has 0 atom stereocenters. The minimum atomic E-state index is -0.322. The fourth-order valence-electron chi connectivity index (χ4n) is 1.06. The van der Waals surface area contributed by atoms with Crippen LogP contribution in [0, 0.1) is 18.8 Å². The van der Waals surface area contributed by atoms with Crippen molar-refractivity contribution in [1.29, 1.82) is 0 Å². The van der Waals surface area contributed by atoms with Gasteiger partial charge in [-0.1, -0.05) is 25.1 Å². The van der Waals surface area contributed by atoms with Crippen LogP contribution in [-0.4, -0.2) is 5.11 Å². The third kappa shape index (κ3) is 1.64. The molecule has 0 spiro atoms. The summed E-state index contributed by atoms with van der Waals surface area (Å²) in [7, 11) is 0. The van der Waals surface area contributed by atoms with E-state index in [0.29, 0.717) is 17.5 Å². The minimum absolute atomic E-state index is 0.108. The minimum Gasteiger partial charge on any atom is -0.382 e. The Labute approximate surface area is 71.9 Å². The first-order chi connectivity index (χ1) is 5.66. The lowest BCUT2D eigenvalue weighted by Gasteiger charge is -2.08. The standard InChI is InChI=1S/C10H12FO/c1-3-9(12)8-6-4-5-7(2)10(8)11/h4-6,12H,3H2,1-2H3. The van der Waals surface area contributed by atoms with Crippen molar-refractivity contribution in [3.05, 3.63) is 41.2 Å². The van der Waals surface area contributed by atoms with Crippen molar-refractivity contribution in [1.82, 2.24) is 0 Å². The van der Waals surface area contributed by atoms with Gasteiger partial charge in [-0.25, -0.2) is 4.39 Å². The molecular formula is C10H12FO. The molecule has 1 radical (unpaired) electrons. The van der Waals surface area contributed by atoms with Crippen LogP contribution in [0.3, 0.4) is 0 Å². The van der Waals surface area contributed by atoms with Crippen LogP contribution in [0.25, 0.3) is 0 Å². The second kappa shape index (κ2) is 3.68. The van der Waals surface area contributed by atoms with Gasteiger partial charge in [-0.3, -0.25) is 0 Å². The molecule has 1 rings (SSSR count). The van der Waals surface area contributed by atoms with Crippen LogP contribution in [0.15, 0.2) is 18.2 Å². The summed E-state index contributed by atoms with van der Waals surface area (Å²) in [6.07, 6.45) is 0.566. The van der Waals surface area contributed by atoms with E-state index in [1.54, 1.807) is 32.0 Å². The van der Waals surface area contributed by atoms with Crippen LogP contribution in [0.4, 0.5) is 4.39 Å². The molecule has 65 valence electrons. The fourth-order valence-corrected chi connectivity index (χ4v) is 1.06. The number of aliphatic hydroxyl groups excluding tert-OH is 1. The third-order valence-electron chi connectivity index (χ3n) is 1.84. The van der Waals surface area contributed by atoms with Crippen molar-refractivity contribution in [2.45, 2.75) is 20.3 Å². The van der Waals surface area contributed by atoms with E-state index in [4.69, 9.17) is 0 Å². The molecule has 0 saturated heterocycles. The highest BCUT2D eigenvalue weighted by Crippen LogP contribution is 2.20. The Morgan fingerprint density at radius 2 is 2.17 bits per heavy atom. The Bertz CT molecular complexity index is 271. The van der Waals surface area contributed by atoms with Gasteiger partial charge in [0.15, 0.2) is 0 Å². The van der Waals surface area contributed by atoms with E-state index in [1.807, 2.05) is 0 Å². The van der Waals surface area contributed by atoms with E-state index < -0.39 is 0 Å². The van der Waals surface area contributed by atoms with Crippen molar-refractivity contribution < 1.29 is 9.50 Å². The Hall–Kier alpha value is -0.890. The second-order valence-corrected chi connectivity index (χ2v) is 2.74. The van der Waals surface area contributed by atoms with Gasteiger partial charge in [0.05, 0.1) is 0 Å². The number of aliphatic hydroxyl groups is 1. The number of aryl methyl sites for hydroxylation is 1. The smallest absolute Gasteiger partial charge is 0.132 e. The molecule has 1 aromatic rings. The van der Waals surface area contributed by atoms with E-state index in [2.05, 4.69) is 0 Å². The van der Waals surface area contributed by atoms with Crippen LogP contribution < -0.4 is 0 Å². The lowest BCUT2D eigenvalue weighted by atomic mass is 10.0. The summed E-state index contributed by atoms with van der Waals surface area (Å²) in [5.74, 6) is -0.322. The fraction of sp³-hybridized carbons (Fsp3) is 0.300. The largest absolute Gasteiger partial charge is 0.382 e. The Balaban J connectivity index is 3.07. The van der Waals surface area contributed by atoms with Gasteiger partial charge in [0.1, 0.15) is 11.9 Å². The van der Waals surface area contributed by atoms with Gasteiger partial charge < -0.3 is 5.11 Å². The van der Waals surface area contributed by atoms with Crippen LogP contribution in [-0.2, 0) is 0 Å². The normalized spacial score (nSPS) is 10.8. The quantitative estimate of drug-likeness (QED) is 0.718. The zero-order valence-electron chi connectivity index (χ0n) is 7.26. The highest BCUT2D eigenvalue weighted by Gasteiger charge is 2.12. The van der Waals surface area contributed by atoms with Crippen molar-refractivity contribution in [2.75, 3.05) is 0 Å². The summed E-state index contributed by atoms with van der Waals surface area (Å²) in [6.45, 7) is 3.47. The van der Waals surface area contributed by atoms with Crippen molar-refractivity contribution >= 4 is 0 Å². The molecule has 1 N–H and O–H groups in total. The molecule has 0 aliphatic carbocycles.